The van der Waals surface area contributed by atoms with Gasteiger partial charge in [-0.3, -0.25) is 0 Å². The van der Waals surface area contributed by atoms with Crippen LogP contribution in [0.25, 0.3) is 0 Å². The number of nitrogens with two attached hydrogens (primary N) is 1. The number of halogens is 3. The zero-order valence-corrected chi connectivity index (χ0v) is 11.2. The summed E-state index contributed by atoms with van der Waals surface area (Å²) in [5, 5.41) is 0. The normalized spacial score (nSPS) is 11.7. The number of nitrogens with zero attached hydrogens (tertiary/aromatic N) is 1. The predicted octanol–water partition coefficient (Wildman–Crippen LogP) is 3.18. The summed E-state index contributed by atoms with van der Waals surface area (Å²) in [4.78, 5) is 1.60. The first-order valence-electron chi connectivity index (χ1n) is 5.38. The second kappa shape index (κ2) is 5.14. The molecule has 0 unspecified atom stereocenters. The fourth-order valence-electron chi connectivity index (χ4n) is 1.50. The van der Waals surface area contributed by atoms with Crippen molar-refractivity contribution >= 4 is 22.9 Å². The summed E-state index contributed by atoms with van der Waals surface area (Å²) in [7, 11) is 1.80. The highest BCUT2D eigenvalue weighted by Crippen LogP contribution is 2.34. The topological polar surface area (TPSA) is 29.3 Å². The Balaban J connectivity index is 3.33. The van der Waals surface area contributed by atoms with Gasteiger partial charge in [0.05, 0.1) is 5.56 Å². The number of alkyl halides is 3. The molecule has 1 aromatic carbocycles. The van der Waals surface area contributed by atoms with Crippen LogP contribution in [0.2, 0.25) is 0 Å². The zero-order valence-electron chi connectivity index (χ0n) is 10.4. The maximum absolute atomic E-state index is 12.8. The van der Waals surface area contributed by atoms with Crippen molar-refractivity contribution in [2.24, 2.45) is 5.73 Å². The van der Waals surface area contributed by atoms with Gasteiger partial charge in [-0.2, -0.15) is 13.2 Å². The molecule has 100 valence electrons. The summed E-state index contributed by atoms with van der Waals surface area (Å²) in [6.07, 6.45) is -4.45. The lowest BCUT2D eigenvalue weighted by atomic mass is 10.1. The largest absolute Gasteiger partial charge is 0.417 e. The molecule has 0 aromatic heterocycles. The van der Waals surface area contributed by atoms with Gasteiger partial charge in [-0.15, -0.1) is 0 Å². The van der Waals surface area contributed by atoms with E-state index in [1.165, 1.54) is 12.1 Å². The second-order valence-electron chi connectivity index (χ2n) is 4.30. The Hall–Kier alpha value is -1.30. The molecule has 0 atom stereocenters. The minimum absolute atomic E-state index is 0.137. The lowest BCUT2D eigenvalue weighted by Gasteiger charge is -2.25. The third-order valence-electron chi connectivity index (χ3n) is 2.76. The third-order valence-corrected chi connectivity index (χ3v) is 2.98. The Morgan fingerprint density at radius 1 is 1.33 bits per heavy atom. The van der Waals surface area contributed by atoms with Crippen LogP contribution in [-0.2, 0) is 6.18 Å². The van der Waals surface area contributed by atoms with E-state index >= 15 is 0 Å². The average Bonchev–Trinajstić information content (AvgIpc) is 2.25. The van der Waals surface area contributed by atoms with Gasteiger partial charge in [-0.05, 0) is 32.0 Å². The number of rotatable bonds is 3. The maximum Gasteiger partial charge on any atom is 0.417 e. The SMILES string of the molecule is CC(C)N(C)c1ccc(C(F)(F)F)c(C(N)=S)c1. The molecule has 0 heterocycles. The average molecular weight is 276 g/mol. The molecule has 0 saturated carbocycles. The number of benzene rings is 1. The van der Waals surface area contributed by atoms with E-state index < -0.39 is 11.7 Å². The van der Waals surface area contributed by atoms with E-state index in [-0.39, 0.29) is 16.6 Å². The summed E-state index contributed by atoms with van der Waals surface area (Å²) in [5.74, 6) is 0. The number of thiocarbonyl (C=S) groups is 1. The molecule has 2 N–H and O–H groups in total. The summed E-state index contributed by atoms with van der Waals surface area (Å²) < 4.78 is 38.3. The fourth-order valence-corrected chi connectivity index (χ4v) is 1.67. The van der Waals surface area contributed by atoms with Crippen LogP contribution in [0.15, 0.2) is 18.2 Å². The molecule has 0 aliphatic heterocycles. The lowest BCUT2D eigenvalue weighted by Crippen LogP contribution is -2.26. The molecule has 0 saturated heterocycles. The monoisotopic (exact) mass is 276 g/mol. The summed E-state index contributed by atoms with van der Waals surface area (Å²) in [6, 6.07) is 3.99. The molecule has 0 radical (unpaired) electrons. The Bertz CT molecular complexity index is 455. The summed E-state index contributed by atoms with van der Waals surface area (Å²) in [6.45, 7) is 3.89. The van der Waals surface area contributed by atoms with E-state index in [2.05, 4.69) is 12.2 Å². The van der Waals surface area contributed by atoms with Crippen LogP contribution in [0.5, 0.6) is 0 Å². The maximum atomic E-state index is 12.8. The molecule has 6 heteroatoms. The van der Waals surface area contributed by atoms with Crippen molar-refractivity contribution in [3.63, 3.8) is 0 Å². The zero-order chi connectivity index (χ0) is 14.1. The van der Waals surface area contributed by atoms with Crippen molar-refractivity contribution < 1.29 is 13.2 Å². The van der Waals surface area contributed by atoms with E-state index in [4.69, 9.17) is 5.73 Å². The first-order chi connectivity index (χ1) is 8.14. The van der Waals surface area contributed by atoms with Gasteiger partial charge in [-0.1, -0.05) is 12.2 Å². The molecule has 1 aromatic rings. The highest BCUT2D eigenvalue weighted by molar-refractivity contribution is 7.80. The molecule has 0 fully saturated rings. The van der Waals surface area contributed by atoms with Crippen LogP contribution in [-0.4, -0.2) is 18.1 Å². The highest BCUT2D eigenvalue weighted by Gasteiger charge is 2.34. The number of hydrogen-bond donors (Lipinski definition) is 1. The van der Waals surface area contributed by atoms with Gasteiger partial charge in [0, 0.05) is 24.3 Å². The van der Waals surface area contributed by atoms with E-state index in [1.807, 2.05) is 18.7 Å². The molecule has 18 heavy (non-hydrogen) atoms. The number of hydrogen-bond acceptors (Lipinski definition) is 2. The van der Waals surface area contributed by atoms with Crippen molar-refractivity contribution in [1.29, 1.82) is 0 Å². The molecular formula is C12H15F3N2S. The lowest BCUT2D eigenvalue weighted by molar-refractivity contribution is -0.137. The highest BCUT2D eigenvalue weighted by atomic mass is 32.1. The molecule has 0 amide bonds. The van der Waals surface area contributed by atoms with Gasteiger partial charge in [-0.25, -0.2) is 0 Å². The van der Waals surface area contributed by atoms with Crippen LogP contribution in [0.4, 0.5) is 18.9 Å². The molecule has 0 spiro atoms. The third kappa shape index (κ3) is 3.13. The van der Waals surface area contributed by atoms with Gasteiger partial charge in [0.25, 0.3) is 0 Å². The first kappa shape index (κ1) is 14.8. The van der Waals surface area contributed by atoms with Crippen LogP contribution in [0.1, 0.15) is 25.0 Å². The van der Waals surface area contributed by atoms with Gasteiger partial charge >= 0.3 is 6.18 Å². The van der Waals surface area contributed by atoms with Crippen LogP contribution >= 0.6 is 12.2 Å². The smallest absolute Gasteiger partial charge is 0.389 e. The van der Waals surface area contributed by atoms with Crippen molar-refractivity contribution in [3.8, 4) is 0 Å². The number of anilines is 1. The van der Waals surface area contributed by atoms with Gasteiger partial charge in [0.2, 0.25) is 0 Å². The molecule has 0 aliphatic rings. The molecule has 0 aliphatic carbocycles. The first-order valence-corrected chi connectivity index (χ1v) is 5.79. The molecule has 1 rings (SSSR count). The van der Waals surface area contributed by atoms with Crippen molar-refractivity contribution in [2.45, 2.75) is 26.1 Å². The van der Waals surface area contributed by atoms with Crippen LogP contribution in [0.3, 0.4) is 0 Å². The predicted molar refractivity (Wildman–Crippen MR) is 70.9 cm³/mol. The Morgan fingerprint density at radius 3 is 2.28 bits per heavy atom. The summed E-state index contributed by atoms with van der Waals surface area (Å²) >= 11 is 4.69. The van der Waals surface area contributed by atoms with Gasteiger partial charge < -0.3 is 10.6 Å². The minimum Gasteiger partial charge on any atom is -0.389 e. The van der Waals surface area contributed by atoms with E-state index in [9.17, 15) is 13.2 Å². The van der Waals surface area contributed by atoms with E-state index in [1.54, 1.807) is 7.05 Å². The van der Waals surface area contributed by atoms with Gasteiger partial charge in [0.1, 0.15) is 4.99 Å². The molecule has 2 nitrogen and oxygen atoms in total. The second-order valence-corrected chi connectivity index (χ2v) is 4.74. The Kier molecular flexibility index (Phi) is 4.21. The standard InChI is InChI=1S/C12H15F3N2S/c1-7(2)17(3)8-4-5-10(12(13,14)15)9(6-8)11(16)18/h4-7H,1-3H3,(H2,16,18). The van der Waals surface area contributed by atoms with Crippen molar-refractivity contribution in [2.75, 3.05) is 11.9 Å². The van der Waals surface area contributed by atoms with Crippen LogP contribution < -0.4 is 10.6 Å². The quantitative estimate of drug-likeness (QED) is 0.860. The van der Waals surface area contributed by atoms with E-state index in [0.717, 1.165) is 6.07 Å². The molecular weight excluding hydrogens is 261 g/mol. The molecule has 0 bridgehead atoms. The van der Waals surface area contributed by atoms with Crippen molar-refractivity contribution in [1.82, 2.24) is 0 Å². The minimum atomic E-state index is -4.45. The fraction of sp³-hybridized carbons (Fsp3) is 0.417. The van der Waals surface area contributed by atoms with Crippen molar-refractivity contribution in [3.05, 3.63) is 29.3 Å². The van der Waals surface area contributed by atoms with Crippen LogP contribution in [0, 0.1) is 0 Å². The van der Waals surface area contributed by atoms with Gasteiger partial charge in [0.15, 0.2) is 0 Å². The Morgan fingerprint density at radius 2 is 1.89 bits per heavy atom. The Labute approximate surface area is 110 Å². The summed E-state index contributed by atoms with van der Waals surface area (Å²) in [5.41, 5.74) is 5.09. The van der Waals surface area contributed by atoms with E-state index in [0.29, 0.717) is 5.69 Å².